The molecular formula is C19H23F3N2O5S. The Bertz CT molecular complexity index is 921. The number of nitrogens with zero attached hydrogens (tertiary/aromatic N) is 2. The third kappa shape index (κ3) is 3.96. The van der Waals surface area contributed by atoms with Crippen LogP contribution in [0.25, 0.3) is 0 Å². The maximum atomic E-state index is 13.2. The Kier molecular flexibility index (Phi) is 5.60. The fourth-order valence-corrected chi connectivity index (χ4v) is 5.92. The summed E-state index contributed by atoms with van der Waals surface area (Å²) in [6.45, 7) is 0.605. The Hall–Kier alpha value is -2.01. The number of amides is 1. The van der Waals surface area contributed by atoms with Gasteiger partial charge in [-0.05, 0) is 37.8 Å². The highest BCUT2D eigenvalue weighted by Crippen LogP contribution is 2.37. The monoisotopic (exact) mass is 448 g/mol. The molecule has 1 aromatic rings. The van der Waals surface area contributed by atoms with Gasteiger partial charge in [-0.3, -0.25) is 4.79 Å². The lowest BCUT2D eigenvalue weighted by Crippen LogP contribution is -2.52. The van der Waals surface area contributed by atoms with Crippen LogP contribution in [0.5, 0.6) is 11.5 Å². The van der Waals surface area contributed by atoms with Crippen molar-refractivity contribution in [3.63, 3.8) is 0 Å². The van der Waals surface area contributed by atoms with E-state index in [0.29, 0.717) is 31.1 Å². The number of rotatable bonds is 3. The minimum Gasteiger partial charge on any atom is -0.486 e. The molecular weight excluding hydrogens is 425 g/mol. The number of benzene rings is 1. The molecule has 0 aromatic heterocycles. The zero-order valence-electron chi connectivity index (χ0n) is 16.2. The minimum absolute atomic E-state index is 0.0167. The number of carbonyl (C=O) groups is 1. The predicted octanol–water partition coefficient (Wildman–Crippen LogP) is 2.41. The normalized spacial score (nSPS) is 25.4. The second-order valence-electron chi connectivity index (χ2n) is 7.74. The highest BCUT2D eigenvalue weighted by atomic mass is 32.2. The summed E-state index contributed by atoms with van der Waals surface area (Å²) >= 11 is 0. The summed E-state index contributed by atoms with van der Waals surface area (Å²) in [6.07, 6.45) is -3.38. The lowest BCUT2D eigenvalue weighted by atomic mass is 9.97. The van der Waals surface area contributed by atoms with Crippen molar-refractivity contribution in [1.29, 1.82) is 0 Å². The molecule has 2 fully saturated rings. The van der Waals surface area contributed by atoms with Crippen molar-refractivity contribution in [2.24, 2.45) is 5.92 Å². The fourth-order valence-electron chi connectivity index (χ4n) is 4.25. The summed E-state index contributed by atoms with van der Waals surface area (Å²) < 4.78 is 77.7. The Morgan fingerprint density at radius 3 is 2.47 bits per heavy atom. The predicted molar refractivity (Wildman–Crippen MR) is 99.7 cm³/mol. The van der Waals surface area contributed by atoms with E-state index in [1.165, 1.54) is 23.1 Å². The molecule has 2 atom stereocenters. The number of halogens is 3. The van der Waals surface area contributed by atoms with Crippen LogP contribution in [0.15, 0.2) is 23.1 Å². The van der Waals surface area contributed by atoms with Gasteiger partial charge in [0.2, 0.25) is 15.9 Å². The highest BCUT2D eigenvalue weighted by molar-refractivity contribution is 7.89. The van der Waals surface area contributed by atoms with Crippen LogP contribution in [0.3, 0.4) is 0 Å². The smallest absolute Gasteiger partial charge is 0.393 e. The number of alkyl halides is 3. The molecule has 0 spiro atoms. The minimum atomic E-state index is -4.37. The zero-order valence-corrected chi connectivity index (χ0v) is 17.0. The maximum Gasteiger partial charge on any atom is 0.393 e. The maximum absolute atomic E-state index is 13.2. The molecule has 0 saturated carbocycles. The van der Waals surface area contributed by atoms with E-state index in [2.05, 4.69) is 0 Å². The number of fused-ring (bicyclic) bond motifs is 1. The van der Waals surface area contributed by atoms with Crippen molar-refractivity contribution >= 4 is 15.9 Å². The summed E-state index contributed by atoms with van der Waals surface area (Å²) in [4.78, 5) is 14.1. The van der Waals surface area contributed by atoms with Gasteiger partial charge in [0.15, 0.2) is 11.5 Å². The van der Waals surface area contributed by atoms with E-state index >= 15 is 0 Å². The molecule has 166 valence electrons. The van der Waals surface area contributed by atoms with Gasteiger partial charge in [-0.15, -0.1) is 0 Å². The summed E-state index contributed by atoms with van der Waals surface area (Å²) in [6, 6.07) is 3.27. The largest absolute Gasteiger partial charge is 0.486 e. The van der Waals surface area contributed by atoms with Crippen molar-refractivity contribution in [2.75, 3.05) is 32.8 Å². The molecule has 0 bridgehead atoms. The van der Waals surface area contributed by atoms with Crippen molar-refractivity contribution in [1.82, 2.24) is 9.21 Å². The zero-order chi connectivity index (χ0) is 21.5. The first-order valence-electron chi connectivity index (χ1n) is 9.95. The first-order chi connectivity index (χ1) is 14.2. The van der Waals surface area contributed by atoms with Gasteiger partial charge < -0.3 is 14.4 Å². The van der Waals surface area contributed by atoms with Gasteiger partial charge in [0.25, 0.3) is 0 Å². The lowest BCUT2D eigenvalue weighted by Gasteiger charge is -2.36. The molecule has 1 amide bonds. The van der Waals surface area contributed by atoms with Crippen LogP contribution in [0.4, 0.5) is 13.2 Å². The van der Waals surface area contributed by atoms with Crippen LogP contribution >= 0.6 is 0 Å². The molecule has 1 aromatic carbocycles. The molecule has 11 heteroatoms. The van der Waals surface area contributed by atoms with E-state index in [1.54, 1.807) is 0 Å². The van der Waals surface area contributed by atoms with Crippen molar-refractivity contribution in [3.8, 4) is 11.5 Å². The quantitative estimate of drug-likeness (QED) is 0.710. The molecule has 0 radical (unpaired) electrons. The lowest BCUT2D eigenvalue weighted by molar-refractivity contribution is -0.188. The van der Waals surface area contributed by atoms with Crippen LogP contribution in [-0.2, 0) is 14.8 Å². The van der Waals surface area contributed by atoms with Crippen LogP contribution in [0.2, 0.25) is 0 Å². The Labute approximate surface area is 172 Å². The van der Waals surface area contributed by atoms with Gasteiger partial charge in [0.1, 0.15) is 19.3 Å². The van der Waals surface area contributed by atoms with Gasteiger partial charge >= 0.3 is 6.18 Å². The van der Waals surface area contributed by atoms with Crippen LogP contribution in [0.1, 0.15) is 25.7 Å². The van der Waals surface area contributed by atoms with Crippen molar-refractivity contribution in [3.05, 3.63) is 18.2 Å². The van der Waals surface area contributed by atoms with Gasteiger partial charge in [-0.25, -0.2) is 8.42 Å². The number of carbonyl (C=O) groups excluding carboxylic acids is 1. The van der Waals surface area contributed by atoms with Crippen LogP contribution in [0, 0.1) is 5.92 Å². The van der Waals surface area contributed by atoms with E-state index < -0.39 is 40.6 Å². The van der Waals surface area contributed by atoms with Crippen LogP contribution in [-0.4, -0.2) is 68.6 Å². The molecule has 3 aliphatic rings. The van der Waals surface area contributed by atoms with Gasteiger partial charge in [-0.1, -0.05) is 0 Å². The second kappa shape index (κ2) is 7.92. The summed E-state index contributed by atoms with van der Waals surface area (Å²) in [5.74, 6) is -1.36. The average Bonchev–Trinajstić information content (AvgIpc) is 3.23. The fraction of sp³-hybridized carbons (Fsp3) is 0.632. The molecule has 3 heterocycles. The Balaban J connectivity index is 1.55. The number of likely N-dealkylation sites (tertiary alicyclic amines) is 1. The van der Waals surface area contributed by atoms with Crippen molar-refractivity contribution in [2.45, 2.75) is 42.8 Å². The molecule has 0 N–H and O–H groups in total. The van der Waals surface area contributed by atoms with E-state index in [4.69, 9.17) is 9.47 Å². The number of sulfonamides is 1. The van der Waals surface area contributed by atoms with Crippen LogP contribution < -0.4 is 9.47 Å². The molecule has 2 saturated heterocycles. The van der Waals surface area contributed by atoms with E-state index in [9.17, 15) is 26.4 Å². The molecule has 30 heavy (non-hydrogen) atoms. The third-order valence-electron chi connectivity index (χ3n) is 5.80. The summed E-state index contributed by atoms with van der Waals surface area (Å²) in [5, 5.41) is 0. The molecule has 0 unspecified atom stereocenters. The summed E-state index contributed by atoms with van der Waals surface area (Å²) in [7, 11) is -4.02. The van der Waals surface area contributed by atoms with E-state index in [0.717, 1.165) is 4.31 Å². The van der Waals surface area contributed by atoms with E-state index in [1.807, 2.05) is 0 Å². The average molecular weight is 448 g/mol. The number of piperidine rings is 1. The number of ether oxygens (including phenoxy) is 2. The van der Waals surface area contributed by atoms with E-state index in [-0.39, 0.29) is 37.2 Å². The van der Waals surface area contributed by atoms with Gasteiger partial charge in [-0.2, -0.15) is 17.5 Å². The van der Waals surface area contributed by atoms with Crippen molar-refractivity contribution < 1.29 is 35.9 Å². The Morgan fingerprint density at radius 2 is 1.73 bits per heavy atom. The van der Waals surface area contributed by atoms with Gasteiger partial charge in [0.05, 0.1) is 10.8 Å². The first-order valence-corrected chi connectivity index (χ1v) is 11.4. The third-order valence-corrected chi connectivity index (χ3v) is 7.71. The molecule has 7 nitrogen and oxygen atoms in total. The summed E-state index contributed by atoms with van der Waals surface area (Å²) in [5.41, 5.74) is 0. The Morgan fingerprint density at radius 1 is 1.03 bits per heavy atom. The first kappa shape index (κ1) is 21.2. The SMILES string of the molecule is O=C([C@@H]1CCCN1S(=O)(=O)c1ccc2c(c1)OCCO2)N1CCC[C@@H](C(F)(F)F)C1. The molecule has 3 aliphatic heterocycles. The van der Waals surface area contributed by atoms with Gasteiger partial charge in [0, 0.05) is 25.7 Å². The standard InChI is InChI=1S/C19H23F3N2O5S/c20-19(21,22)13-3-1-7-23(12-13)18(25)15-4-2-8-24(15)30(26,27)14-5-6-16-17(11-14)29-10-9-28-16/h5-6,11,13,15H,1-4,7-10,12H2/t13-,15+/m1/s1. The number of hydrogen-bond acceptors (Lipinski definition) is 5. The highest BCUT2D eigenvalue weighted by Gasteiger charge is 2.46. The molecule has 0 aliphatic carbocycles. The molecule has 4 rings (SSSR count). The second-order valence-corrected chi connectivity index (χ2v) is 9.63. The number of hydrogen-bond donors (Lipinski definition) is 0. The topological polar surface area (TPSA) is 76.2 Å².